The van der Waals surface area contributed by atoms with E-state index in [2.05, 4.69) is 30.5 Å². The third-order valence-electron chi connectivity index (χ3n) is 3.51. The predicted octanol–water partition coefficient (Wildman–Crippen LogP) is 0.850. The van der Waals surface area contributed by atoms with Crippen LogP contribution in [0, 0.1) is 5.92 Å². The molecule has 112 valence electrons. The second kappa shape index (κ2) is 6.04. The fraction of sp³-hybridized carbons (Fsp3) is 0.538. The van der Waals surface area contributed by atoms with Gasteiger partial charge < -0.3 is 15.0 Å². The van der Waals surface area contributed by atoms with Gasteiger partial charge in [0.15, 0.2) is 5.82 Å². The predicted molar refractivity (Wildman–Crippen MR) is 78.0 cm³/mol. The average molecular weight is 289 g/mol. The van der Waals surface area contributed by atoms with Gasteiger partial charge in [0.2, 0.25) is 5.95 Å². The molecule has 2 aromatic rings. The minimum atomic E-state index is -0.0323. The number of aromatic nitrogens is 5. The molecule has 0 amide bonds. The molecule has 1 saturated heterocycles. The average Bonchev–Trinajstić information content (AvgIpc) is 3.16. The van der Waals surface area contributed by atoms with E-state index in [9.17, 15) is 0 Å². The third kappa shape index (κ3) is 3.10. The van der Waals surface area contributed by atoms with Crippen LogP contribution in [0.1, 0.15) is 18.3 Å². The van der Waals surface area contributed by atoms with Gasteiger partial charge in [0.25, 0.3) is 0 Å². The lowest BCUT2D eigenvalue weighted by Gasteiger charge is -2.17. The number of aromatic amines is 1. The van der Waals surface area contributed by atoms with E-state index in [0.717, 1.165) is 31.2 Å². The first-order valence-corrected chi connectivity index (χ1v) is 6.95. The van der Waals surface area contributed by atoms with Crippen molar-refractivity contribution in [3.63, 3.8) is 0 Å². The van der Waals surface area contributed by atoms with Crippen LogP contribution < -0.4 is 10.2 Å². The molecule has 0 saturated carbocycles. The Morgan fingerprint density at radius 3 is 3.10 bits per heavy atom. The number of nitrogens with one attached hydrogen (secondary N) is 2. The Morgan fingerprint density at radius 1 is 1.43 bits per heavy atom. The van der Waals surface area contributed by atoms with Gasteiger partial charge >= 0.3 is 0 Å². The van der Waals surface area contributed by atoms with Crippen molar-refractivity contribution < 1.29 is 4.74 Å². The highest BCUT2D eigenvalue weighted by Gasteiger charge is 2.31. The number of rotatable bonds is 5. The largest absolute Gasteiger partial charge is 0.370 e. The Labute approximate surface area is 123 Å². The van der Waals surface area contributed by atoms with Crippen molar-refractivity contribution in [2.45, 2.75) is 12.5 Å². The third-order valence-corrected chi connectivity index (χ3v) is 3.51. The lowest BCUT2D eigenvalue weighted by Crippen LogP contribution is -2.20. The summed E-state index contributed by atoms with van der Waals surface area (Å²) in [6, 6.07) is 1.87. The van der Waals surface area contributed by atoms with E-state index in [1.807, 2.05) is 25.1 Å². The fourth-order valence-corrected chi connectivity index (χ4v) is 2.40. The number of H-pyrrole nitrogens is 1. The summed E-state index contributed by atoms with van der Waals surface area (Å²) in [6.45, 7) is 1.51. The molecule has 1 fully saturated rings. The van der Waals surface area contributed by atoms with Crippen LogP contribution in [0.15, 0.2) is 18.6 Å². The standard InChI is InChI=1S/C13H19N7O/c1-20(2)13-14-5-3-10(18-13)15-7-9-4-6-21-11(9)12-16-8-17-19-12/h3,5,8-9,11H,4,6-7H2,1-2H3,(H,14,15,18)(H,16,17,19)/t9-,11-/m0/s1. The maximum Gasteiger partial charge on any atom is 0.226 e. The first-order chi connectivity index (χ1) is 10.2. The van der Waals surface area contributed by atoms with Crippen molar-refractivity contribution in [3.05, 3.63) is 24.4 Å². The Balaban J connectivity index is 1.63. The molecular formula is C13H19N7O. The molecule has 0 spiro atoms. The molecule has 2 N–H and O–H groups in total. The molecule has 0 bridgehead atoms. The number of nitrogens with zero attached hydrogens (tertiary/aromatic N) is 5. The van der Waals surface area contributed by atoms with Crippen molar-refractivity contribution in [3.8, 4) is 0 Å². The molecule has 8 nitrogen and oxygen atoms in total. The lowest BCUT2D eigenvalue weighted by molar-refractivity contribution is 0.0864. The van der Waals surface area contributed by atoms with Gasteiger partial charge in [-0.25, -0.2) is 9.97 Å². The monoisotopic (exact) mass is 289 g/mol. The number of ether oxygens (including phenoxy) is 1. The summed E-state index contributed by atoms with van der Waals surface area (Å²) in [5, 5.41) is 10.1. The second-order valence-corrected chi connectivity index (χ2v) is 5.23. The van der Waals surface area contributed by atoms with Crippen molar-refractivity contribution in [2.24, 2.45) is 5.92 Å². The van der Waals surface area contributed by atoms with Gasteiger partial charge in [0.1, 0.15) is 18.2 Å². The molecule has 0 aliphatic carbocycles. The highest BCUT2D eigenvalue weighted by molar-refractivity contribution is 5.40. The van der Waals surface area contributed by atoms with Crippen LogP contribution in [0.4, 0.5) is 11.8 Å². The molecular weight excluding hydrogens is 270 g/mol. The van der Waals surface area contributed by atoms with E-state index >= 15 is 0 Å². The highest BCUT2D eigenvalue weighted by Crippen LogP contribution is 2.32. The number of anilines is 2. The first-order valence-electron chi connectivity index (χ1n) is 6.95. The first kappa shape index (κ1) is 13.7. The van der Waals surface area contributed by atoms with Crippen LogP contribution in [-0.2, 0) is 4.74 Å². The molecule has 1 aliphatic rings. The Kier molecular flexibility index (Phi) is 3.96. The zero-order valence-corrected chi connectivity index (χ0v) is 12.2. The van der Waals surface area contributed by atoms with Crippen LogP contribution >= 0.6 is 0 Å². The molecule has 2 atom stereocenters. The van der Waals surface area contributed by atoms with E-state index in [-0.39, 0.29) is 6.10 Å². The summed E-state index contributed by atoms with van der Waals surface area (Å²) in [7, 11) is 3.84. The minimum Gasteiger partial charge on any atom is -0.370 e. The summed E-state index contributed by atoms with van der Waals surface area (Å²) in [5.74, 6) is 2.64. The quantitative estimate of drug-likeness (QED) is 0.843. The van der Waals surface area contributed by atoms with Gasteiger partial charge in [0, 0.05) is 39.4 Å². The summed E-state index contributed by atoms with van der Waals surface area (Å²) in [4.78, 5) is 14.7. The molecule has 0 radical (unpaired) electrons. The summed E-state index contributed by atoms with van der Waals surface area (Å²) in [6.07, 6.45) is 4.22. The Morgan fingerprint density at radius 2 is 2.33 bits per heavy atom. The molecule has 0 unspecified atom stereocenters. The molecule has 2 aromatic heterocycles. The maximum atomic E-state index is 5.75. The number of hydrogen-bond acceptors (Lipinski definition) is 7. The van der Waals surface area contributed by atoms with Gasteiger partial charge in [-0.3, -0.25) is 5.10 Å². The normalized spacial score (nSPS) is 21.4. The van der Waals surface area contributed by atoms with Crippen molar-refractivity contribution in [1.82, 2.24) is 25.1 Å². The van der Waals surface area contributed by atoms with E-state index in [1.165, 1.54) is 6.33 Å². The summed E-state index contributed by atoms with van der Waals surface area (Å²) >= 11 is 0. The smallest absolute Gasteiger partial charge is 0.226 e. The fourth-order valence-electron chi connectivity index (χ4n) is 2.40. The van der Waals surface area contributed by atoms with Gasteiger partial charge in [-0.15, -0.1) is 0 Å². The van der Waals surface area contributed by atoms with Gasteiger partial charge in [-0.05, 0) is 12.5 Å². The second-order valence-electron chi connectivity index (χ2n) is 5.23. The van der Waals surface area contributed by atoms with Crippen molar-refractivity contribution in [2.75, 3.05) is 37.5 Å². The lowest BCUT2D eigenvalue weighted by atomic mass is 10.0. The minimum absolute atomic E-state index is 0.0323. The van der Waals surface area contributed by atoms with E-state index in [4.69, 9.17) is 4.74 Å². The molecule has 21 heavy (non-hydrogen) atoms. The Bertz CT molecular complexity index is 572. The van der Waals surface area contributed by atoms with Crippen LogP contribution in [0.3, 0.4) is 0 Å². The van der Waals surface area contributed by atoms with Crippen molar-refractivity contribution in [1.29, 1.82) is 0 Å². The van der Waals surface area contributed by atoms with E-state index in [1.54, 1.807) is 6.20 Å². The van der Waals surface area contributed by atoms with Crippen LogP contribution in [0.2, 0.25) is 0 Å². The summed E-state index contributed by atoms with van der Waals surface area (Å²) in [5.41, 5.74) is 0. The molecule has 1 aliphatic heterocycles. The maximum absolute atomic E-state index is 5.75. The highest BCUT2D eigenvalue weighted by atomic mass is 16.5. The SMILES string of the molecule is CN(C)c1nccc(NC[C@@H]2CCO[C@@H]2c2ncn[nH]2)n1. The van der Waals surface area contributed by atoms with Gasteiger partial charge in [-0.2, -0.15) is 10.1 Å². The molecule has 8 heteroatoms. The van der Waals surface area contributed by atoms with Gasteiger partial charge in [0.05, 0.1) is 0 Å². The zero-order valence-electron chi connectivity index (χ0n) is 12.2. The van der Waals surface area contributed by atoms with Gasteiger partial charge in [-0.1, -0.05) is 0 Å². The Hall–Kier alpha value is -2.22. The molecule has 3 rings (SSSR count). The summed E-state index contributed by atoms with van der Waals surface area (Å²) < 4.78 is 5.75. The van der Waals surface area contributed by atoms with Crippen LogP contribution in [-0.4, -0.2) is 52.4 Å². The topological polar surface area (TPSA) is 91.9 Å². The van der Waals surface area contributed by atoms with E-state index < -0.39 is 0 Å². The van der Waals surface area contributed by atoms with Crippen LogP contribution in [0.5, 0.6) is 0 Å². The van der Waals surface area contributed by atoms with E-state index in [0.29, 0.717) is 11.9 Å². The molecule has 3 heterocycles. The van der Waals surface area contributed by atoms with Crippen molar-refractivity contribution >= 4 is 11.8 Å². The van der Waals surface area contributed by atoms with Crippen LogP contribution in [0.25, 0.3) is 0 Å². The number of hydrogen-bond donors (Lipinski definition) is 2. The zero-order chi connectivity index (χ0) is 14.7. The molecule has 0 aromatic carbocycles.